The van der Waals surface area contributed by atoms with E-state index in [2.05, 4.69) is 10.6 Å². The fourth-order valence-corrected chi connectivity index (χ4v) is 6.35. The van der Waals surface area contributed by atoms with Crippen LogP contribution in [0.15, 0.2) is 102 Å². The highest BCUT2D eigenvalue weighted by Crippen LogP contribution is 2.39. The van der Waals surface area contributed by atoms with Crippen LogP contribution < -0.4 is 16.4 Å². The zero-order chi connectivity index (χ0) is 34.6. The van der Waals surface area contributed by atoms with Crippen LogP contribution in [0.25, 0.3) is 0 Å². The third kappa shape index (κ3) is 10.7. The minimum atomic E-state index is -0.961. The van der Waals surface area contributed by atoms with E-state index >= 15 is 0 Å². The lowest BCUT2D eigenvalue weighted by Crippen LogP contribution is -2.31. The predicted octanol–water partition coefficient (Wildman–Crippen LogP) is 7.32. The van der Waals surface area contributed by atoms with Crippen LogP contribution in [0.2, 0.25) is 0 Å². The van der Waals surface area contributed by atoms with Gasteiger partial charge in [0.2, 0.25) is 11.8 Å². The maximum absolute atomic E-state index is 12.6. The molecule has 3 unspecified atom stereocenters. The molecule has 0 aliphatic carbocycles. The molecule has 11 heteroatoms. The van der Waals surface area contributed by atoms with Gasteiger partial charge in [-0.2, -0.15) is 0 Å². The molecule has 4 aromatic rings. The van der Waals surface area contributed by atoms with Gasteiger partial charge in [0.05, 0.1) is 35.8 Å². The van der Waals surface area contributed by atoms with Gasteiger partial charge < -0.3 is 36.1 Å². The Morgan fingerprint density at radius 3 is 2.08 bits per heavy atom. The molecular weight excluding hydrogens is 642 g/mol. The number of hydrogen-bond donors (Lipinski definition) is 5. The molecule has 4 aromatic carbocycles. The Morgan fingerprint density at radius 2 is 1.43 bits per heavy atom. The summed E-state index contributed by atoms with van der Waals surface area (Å²) in [6.07, 6.45) is 2.36. The van der Waals surface area contributed by atoms with E-state index in [-0.39, 0.29) is 36.2 Å². The Bertz CT molecular complexity index is 1700. The standard InChI is InChI=1S/C38H41N3O7S/c39-32-6-4-5-7-33(32)41-36(44)9-3-1-2-8-35(43)40-29-18-14-28(15-19-29)38-47-30(24-49-31-20-16-27(17-21-31)37(45)46)22-34(48-38)26-12-10-25(23-42)11-13-26/h4-7,10-21,30,34,38,42H,1-3,8-9,22-24,39H2,(H,40,43)(H,41,44)(H,45,46). The summed E-state index contributed by atoms with van der Waals surface area (Å²) in [5.74, 6) is -0.522. The number of aliphatic hydroxyl groups excluding tert-OH is 1. The molecule has 5 rings (SSSR count). The van der Waals surface area contributed by atoms with Gasteiger partial charge in [0.25, 0.3) is 0 Å². The lowest BCUT2D eigenvalue weighted by Gasteiger charge is -2.36. The van der Waals surface area contributed by atoms with E-state index in [1.54, 1.807) is 48.2 Å². The Hall–Kier alpha value is -4.68. The van der Waals surface area contributed by atoms with E-state index in [0.717, 1.165) is 28.0 Å². The van der Waals surface area contributed by atoms with Crippen molar-refractivity contribution in [1.82, 2.24) is 0 Å². The average Bonchev–Trinajstić information content (AvgIpc) is 3.12. The van der Waals surface area contributed by atoms with Crippen LogP contribution >= 0.6 is 11.8 Å². The van der Waals surface area contributed by atoms with Gasteiger partial charge in [-0.05, 0) is 72.5 Å². The van der Waals surface area contributed by atoms with Crippen molar-refractivity contribution in [3.63, 3.8) is 0 Å². The number of rotatable bonds is 15. The molecule has 3 atom stereocenters. The molecule has 0 saturated carbocycles. The number of thioether (sulfide) groups is 1. The normalized spacial score (nSPS) is 17.3. The molecule has 2 amide bonds. The number of para-hydroxylation sites is 2. The lowest BCUT2D eigenvalue weighted by atomic mass is 10.0. The fourth-order valence-electron chi connectivity index (χ4n) is 5.42. The van der Waals surface area contributed by atoms with Gasteiger partial charge in [-0.3, -0.25) is 9.59 Å². The summed E-state index contributed by atoms with van der Waals surface area (Å²) in [6.45, 7) is -0.0372. The minimum absolute atomic E-state index is 0.0372. The van der Waals surface area contributed by atoms with Crippen molar-refractivity contribution in [2.45, 2.75) is 68.5 Å². The molecule has 6 N–H and O–H groups in total. The Morgan fingerprint density at radius 1 is 0.776 bits per heavy atom. The second kappa shape index (κ2) is 17.6. The number of ether oxygens (including phenoxy) is 2. The van der Waals surface area contributed by atoms with Gasteiger partial charge in [0, 0.05) is 41.2 Å². The smallest absolute Gasteiger partial charge is 0.335 e. The van der Waals surface area contributed by atoms with Crippen molar-refractivity contribution < 1.29 is 34.1 Å². The first-order chi connectivity index (χ1) is 23.8. The number of unbranched alkanes of at least 4 members (excludes halogenated alkanes) is 2. The Labute approximate surface area is 290 Å². The first-order valence-electron chi connectivity index (χ1n) is 16.3. The molecule has 0 spiro atoms. The monoisotopic (exact) mass is 683 g/mol. The number of hydrogen-bond acceptors (Lipinski definition) is 8. The summed E-state index contributed by atoms with van der Waals surface area (Å²) >= 11 is 1.59. The predicted molar refractivity (Wildman–Crippen MR) is 190 cm³/mol. The van der Waals surface area contributed by atoms with Crippen molar-refractivity contribution in [2.75, 3.05) is 22.1 Å². The molecule has 1 aliphatic heterocycles. The molecule has 1 aliphatic rings. The number of aliphatic hydroxyl groups is 1. The summed E-state index contributed by atoms with van der Waals surface area (Å²) in [5, 5.41) is 24.4. The Balaban J connectivity index is 1.12. The fraction of sp³-hybridized carbons (Fsp3) is 0.289. The highest BCUT2D eigenvalue weighted by atomic mass is 32.2. The summed E-state index contributed by atoms with van der Waals surface area (Å²) in [6, 6.07) is 29.0. The molecule has 256 valence electrons. The summed E-state index contributed by atoms with van der Waals surface area (Å²) < 4.78 is 12.8. The highest BCUT2D eigenvalue weighted by Gasteiger charge is 2.32. The van der Waals surface area contributed by atoms with Crippen LogP contribution in [0.1, 0.15) is 78.0 Å². The van der Waals surface area contributed by atoms with E-state index in [0.29, 0.717) is 54.9 Å². The quantitative estimate of drug-likeness (QED) is 0.0491. The molecule has 0 radical (unpaired) electrons. The second-order valence-electron chi connectivity index (χ2n) is 11.9. The van der Waals surface area contributed by atoms with Crippen LogP contribution in [-0.4, -0.2) is 39.9 Å². The van der Waals surface area contributed by atoms with Crippen molar-refractivity contribution in [2.24, 2.45) is 0 Å². The van der Waals surface area contributed by atoms with Gasteiger partial charge in [-0.25, -0.2) is 4.79 Å². The minimum Gasteiger partial charge on any atom is -0.478 e. The van der Waals surface area contributed by atoms with Crippen LogP contribution in [0.5, 0.6) is 0 Å². The van der Waals surface area contributed by atoms with Crippen molar-refractivity contribution in [3.8, 4) is 0 Å². The maximum atomic E-state index is 12.6. The van der Waals surface area contributed by atoms with E-state index in [9.17, 15) is 24.6 Å². The van der Waals surface area contributed by atoms with Crippen molar-refractivity contribution >= 4 is 46.6 Å². The zero-order valence-electron chi connectivity index (χ0n) is 27.0. The number of anilines is 3. The summed E-state index contributed by atoms with van der Waals surface area (Å²) in [7, 11) is 0. The molecule has 49 heavy (non-hydrogen) atoms. The van der Waals surface area contributed by atoms with E-state index in [1.165, 1.54) is 0 Å². The van der Waals surface area contributed by atoms with Gasteiger partial charge >= 0.3 is 5.97 Å². The third-order valence-electron chi connectivity index (χ3n) is 8.16. The van der Waals surface area contributed by atoms with Crippen LogP contribution in [0.3, 0.4) is 0 Å². The molecule has 1 saturated heterocycles. The first kappa shape index (κ1) is 35.6. The average molecular weight is 684 g/mol. The summed E-state index contributed by atoms with van der Waals surface area (Å²) in [5.41, 5.74) is 10.5. The number of nitrogens with one attached hydrogen (secondary N) is 2. The number of carboxylic acid groups (broad SMARTS) is 1. The molecule has 1 fully saturated rings. The van der Waals surface area contributed by atoms with Crippen molar-refractivity contribution in [3.05, 3.63) is 119 Å². The van der Waals surface area contributed by atoms with Gasteiger partial charge in [-0.1, -0.05) is 55.0 Å². The number of nitrogens with two attached hydrogens (primary N) is 1. The van der Waals surface area contributed by atoms with Gasteiger partial charge in [0.1, 0.15) is 0 Å². The number of carboxylic acids is 1. The molecule has 10 nitrogen and oxygen atoms in total. The maximum Gasteiger partial charge on any atom is 0.335 e. The Kier molecular flexibility index (Phi) is 12.8. The van der Waals surface area contributed by atoms with Crippen LogP contribution in [-0.2, 0) is 25.7 Å². The number of nitrogen functional groups attached to an aromatic ring is 1. The highest BCUT2D eigenvalue weighted by molar-refractivity contribution is 7.99. The third-order valence-corrected chi connectivity index (χ3v) is 9.31. The van der Waals surface area contributed by atoms with Crippen LogP contribution in [0.4, 0.5) is 17.1 Å². The summed E-state index contributed by atoms with van der Waals surface area (Å²) in [4.78, 5) is 37.0. The topological polar surface area (TPSA) is 160 Å². The SMILES string of the molecule is Nc1ccccc1NC(=O)CCCCCC(=O)Nc1ccc(C2OC(CSc3ccc(C(=O)O)cc3)CC(c3ccc(CO)cc3)O2)cc1. The first-order valence-corrected chi connectivity index (χ1v) is 17.3. The largest absolute Gasteiger partial charge is 0.478 e. The van der Waals surface area contributed by atoms with E-state index < -0.39 is 12.3 Å². The lowest BCUT2D eigenvalue weighted by molar-refractivity contribution is -0.245. The van der Waals surface area contributed by atoms with Crippen LogP contribution in [0, 0.1) is 0 Å². The molecule has 0 aromatic heterocycles. The molecule has 1 heterocycles. The van der Waals surface area contributed by atoms with E-state index in [4.69, 9.17) is 15.2 Å². The number of carbonyl (C=O) groups is 3. The number of aromatic carboxylic acids is 1. The molecular formula is C38H41N3O7S. The second-order valence-corrected chi connectivity index (χ2v) is 13.0. The molecule has 0 bridgehead atoms. The number of carbonyl (C=O) groups excluding carboxylic acids is 2. The van der Waals surface area contributed by atoms with Crippen molar-refractivity contribution in [1.29, 1.82) is 0 Å². The van der Waals surface area contributed by atoms with Gasteiger partial charge in [-0.15, -0.1) is 11.8 Å². The zero-order valence-corrected chi connectivity index (χ0v) is 27.9. The number of benzene rings is 4. The van der Waals surface area contributed by atoms with E-state index in [1.807, 2.05) is 60.7 Å². The van der Waals surface area contributed by atoms with Gasteiger partial charge in [0.15, 0.2) is 6.29 Å². The number of amides is 2.